The molecule has 0 spiro atoms. The number of hydrogen-bond acceptors (Lipinski definition) is 4. The Hall–Kier alpha value is -2.22. The van der Waals surface area contributed by atoms with Crippen molar-refractivity contribution in [3.05, 3.63) is 64.7 Å². The standard InChI is InChI=1S/C23H31N3O3S/c1-18-14-19(2)23(20(3)15-18)30(28,29)24(4)17-22(27)26-12-10-25(11-13-26)16-21-8-6-5-7-9-21/h5-9,14-15H,10-13,16-17H2,1-4H3. The minimum absolute atomic E-state index is 0.145. The van der Waals surface area contributed by atoms with Crippen molar-refractivity contribution in [1.82, 2.24) is 14.1 Å². The van der Waals surface area contributed by atoms with E-state index in [2.05, 4.69) is 17.0 Å². The van der Waals surface area contributed by atoms with Gasteiger partial charge < -0.3 is 4.90 Å². The second-order valence-electron chi connectivity index (χ2n) is 8.13. The number of rotatable bonds is 6. The number of benzene rings is 2. The fourth-order valence-corrected chi connectivity index (χ4v) is 5.63. The smallest absolute Gasteiger partial charge is 0.243 e. The predicted octanol–water partition coefficient (Wildman–Crippen LogP) is 2.58. The van der Waals surface area contributed by atoms with Crippen molar-refractivity contribution in [2.45, 2.75) is 32.2 Å². The Labute approximate surface area is 180 Å². The Morgan fingerprint density at radius 1 is 0.967 bits per heavy atom. The van der Waals surface area contributed by atoms with Gasteiger partial charge in [0.25, 0.3) is 0 Å². The fourth-order valence-electron chi connectivity index (χ4n) is 4.10. The highest BCUT2D eigenvalue weighted by atomic mass is 32.2. The van der Waals surface area contributed by atoms with E-state index in [1.54, 1.807) is 18.7 Å². The number of aryl methyl sites for hydroxylation is 3. The number of piperazine rings is 1. The molecular formula is C23H31N3O3S. The summed E-state index contributed by atoms with van der Waals surface area (Å²) in [7, 11) is -2.24. The van der Waals surface area contributed by atoms with Crippen LogP contribution in [0.15, 0.2) is 47.4 Å². The van der Waals surface area contributed by atoms with Gasteiger partial charge in [-0.05, 0) is 37.5 Å². The third kappa shape index (κ3) is 5.09. The Bertz CT molecular complexity index is 975. The summed E-state index contributed by atoms with van der Waals surface area (Å²) in [6.45, 7) is 9.06. The van der Waals surface area contributed by atoms with Gasteiger partial charge in [0.05, 0.1) is 11.4 Å². The normalized spacial score (nSPS) is 15.6. The van der Waals surface area contributed by atoms with E-state index in [-0.39, 0.29) is 12.5 Å². The lowest BCUT2D eigenvalue weighted by Crippen LogP contribution is -2.51. The van der Waals surface area contributed by atoms with E-state index >= 15 is 0 Å². The van der Waals surface area contributed by atoms with Gasteiger partial charge in [0.2, 0.25) is 15.9 Å². The van der Waals surface area contributed by atoms with E-state index < -0.39 is 10.0 Å². The average Bonchev–Trinajstić information content (AvgIpc) is 2.68. The van der Waals surface area contributed by atoms with Gasteiger partial charge in [-0.3, -0.25) is 9.69 Å². The molecule has 0 N–H and O–H groups in total. The third-order valence-electron chi connectivity index (χ3n) is 5.60. The monoisotopic (exact) mass is 429 g/mol. The number of carbonyl (C=O) groups is 1. The SMILES string of the molecule is Cc1cc(C)c(S(=O)(=O)N(C)CC(=O)N2CCN(Cc3ccccc3)CC2)c(C)c1. The summed E-state index contributed by atoms with van der Waals surface area (Å²) in [5, 5.41) is 0. The second kappa shape index (κ2) is 9.29. The molecule has 1 amide bonds. The lowest BCUT2D eigenvalue weighted by molar-refractivity contribution is -0.133. The van der Waals surface area contributed by atoms with Crippen LogP contribution in [0.3, 0.4) is 0 Å². The van der Waals surface area contributed by atoms with E-state index in [9.17, 15) is 13.2 Å². The summed E-state index contributed by atoms with van der Waals surface area (Å²) in [5.41, 5.74) is 3.70. The van der Waals surface area contributed by atoms with Gasteiger partial charge in [0.15, 0.2) is 0 Å². The highest BCUT2D eigenvalue weighted by Gasteiger charge is 2.29. The molecule has 2 aromatic carbocycles. The Morgan fingerprint density at radius 2 is 1.53 bits per heavy atom. The van der Waals surface area contributed by atoms with Crippen molar-refractivity contribution >= 4 is 15.9 Å². The van der Waals surface area contributed by atoms with Crippen LogP contribution in [0.4, 0.5) is 0 Å². The van der Waals surface area contributed by atoms with Crippen LogP contribution in [0, 0.1) is 20.8 Å². The number of amides is 1. The lowest BCUT2D eigenvalue weighted by Gasteiger charge is -2.35. The molecule has 0 aliphatic carbocycles. The van der Waals surface area contributed by atoms with Crippen molar-refractivity contribution in [3.63, 3.8) is 0 Å². The molecule has 3 rings (SSSR count). The van der Waals surface area contributed by atoms with Crippen LogP contribution in [0.1, 0.15) is 22.3 Å². The quantitative estimate of drug-likeness (QED) is 0.708. The van der Waals surface area contributed by atoms with Gasteiger partial charge in [0, 0.05) is 39.8 Å². The second-order valence-corrected chi connectivity index (χ2v) is 10.1. The minimum Gasteiger partial charge on any atom is -0.339 e. The fraction of sp³-hybridized carbons (Fsp3) is 0.435. The molecule has 30 heavy (non-hydrogen) atoms. The van der Waals surface area contributed by atoms with Gasteiger partial charge in [-0.25, -0.2) is 8.42 Å². The average molecular weight is 430 g/mol. The lowest BCUT2D eigenvalue weighted by atomic mass is 10.1. The molecule has 0 aromatic heterocycles. The van der Waals surface area contributed by atoms with Gasteiger partial charge in [-0.1, -0.05) is 48.0 Å². The molecule has 162 valence electrons. The maximum absolute atomic E-state index is 13.1. The molecule has 1 fully saturated rings. The number of sulfonamides is 1. The van der Waals surface area contributed by atoms with Gasteiger partial charge in [-0.15, -0.1) is 0 Å². The van der Waals surface area contributed by atoms with Crippen molar-refractivity contribution in [2.24, 2.45) is 0 Å². The van der Waals surface area contributed by atoms with Crippen molar-refractivity contribution in [1.29, 1.82) is 0 Å². The first kappa shape index (κ1) is 22.5. The molecule has 0 bridgehead atoms. The van der Waals surface area contributed by atoms with E-state index in [1.165, 1.54) is 16.9 Å². The van der Waals surface area contributed by atoms with Crippen LogP contribution in [0.5, 0.6) is 0 Å². The molecule has 1 aliphatic rings. The van der Waals surface area contributed by atoms with Gasteiger partial charge in [-0.2, -0.15) is 4.31 Å². The summed E-state index contributed by atoms with van der Waals surface area (Å²) in [6.07, 6.45) is 0. The Kier molecular flexibility index (Phi) is 6.95. The number of nitrogens with zero attached hydrogens (tertiary/aromatic N) is 3. The molecule has 1 heterocycles. The van der Waals surface area contributed by atoms with Gasteiger partial charge in [0.1, 0.15) is 0 Å². The number of hydrogen-bond donors (Lipinski definition) is 0. The molecule has 1 aliphatic heterocycles. The van der Waals surface area contributed by atoms with Crippen LogP contribution in [0.25, 0.3) is 0 Å². The maximum atomic E-state index is 13.1. The van der Waals surface area contributed by atoms with Crippen LogP contribution in [-0.4, -0.2) is 68.2 Å². The molecule has 7 heteroatoms. The summed E-state index contributed by atoms with van der Waals surface area (Å²) in [5.74, 6) is -0.150. The van der Waals surface area contributed by atoms with E-state index in [1.807, 2.05) is 37.3 Å². The van der Waals surface area contributed by atoms with Crippen molar-refractivity contribution < 1.29 is 13.2 Å². The zero-order valence-electron chi connectivity index (χ0n) is 18.3. The predicted molar refractivity (Wildman–Crippen MR) is 119 cm³/mol. The summed E-state index contributed by atoms with van der Waals surface area (Å²) in [4.78, 5) is 17.2. The topological polar surface area (TPSA) is 60.9 Å². The van der Waals surface area contributed by atoms with E-state index in [0.29, 0.717) is 29.1 Å². The van der Waals surface area contributed by atoms with Crippen LogP contribution in [0.2, 0.25) is 0 Å². The first-order chi connectivity index (χ1) is 14.2. The Balaban J connectivity index is 1.60. The Morgan fingerprint density at radius 3 is 2.10 bits per heavy atom. The third-order valence-corrected chi connectivity index (χ3v) is 7.71. The van der Waals surface area contributed by atoms with Gasteiger partial charge >= 0.3 is 0 Å². The first-order valence-corrected chi connectivity index (χ1v) is 11.7. The largest absolute Gasteiger partial charge is 0.339 e. The van der Waals surface area contributed by atoms with E-state index in [0.717, 1.165) is 25.2 Å². The minimum atomic E-state index is -3.73. The van der Waals surface area contributed by atoms with Crippen molar-refractivity contribution in [3.8, 4) is 0 Å². The molecule has 1 saturated heterocycles. The zero-order valence-corrected chi connectivity index (χ0v) is 19.1. The van der Waals surface area contributed by atoms with Crippen LogP contribution < -0.4 is 0 Å². The highest BCUT2D eigenvalue weighted by Crippen LogP contribution is 2.24. The summed E-state index contributed by atoms with van der Waals surface area (Å²) >= 11 is 0. The molecular weight excluding hydrogens is 398 g/mol. The number of likely N-dealkylation sites (N-methyl/N-ethyl adjacent to an activating group) is 1. The zero-order chi connectivity index (χ0) is 21.9. The molecule has 0 unspecified atom stereocenters. The van der Waals surface area contributed by atoms with Crippen molar-refractivity contribution in [2.75, 3.05) is 39.8 Å². The molecule has 2 aromatic rings. The molecule has 0 atom stereocenters. The highest BCUT2D eigenvalue weighted by molar-refractivity contribution is 7.89. The first-order valence-electron chi connectivity index (χ1n) is 10.3. The summed E-state index contributed by atoms with van der Waals surface area (Å²) in [6, 6.07) is 14.0. The molecule has 0 radical (unpaired) electrons. The molecule has 6 nitrogen and oxygen atoms in total. The molecule has 0 saturated carbocycles. The maximum Gasteiger partial charge on any atom is 0.243 e. The summed E-state index contributed by atoms with van der Waals surface area (Å²) < 4.78 is 27.4. The number of carbonyl (C=O) groups excluding carboxylic acids is 1. The van der Waals surface area contributed by atoms with Crippen LogP contribution in [-0.2, 0) is 21.4 Å². The van der Waals surface area contributed by atoms with E-state index in [4.69, 9.17) is 0 Å². The van der Waals surface area contributed by atoms with Crippen LogP contribution >= 0.6 is 0 Å².